The summed E-state index contributed by atoms with van der Waals surface area (Å²) in [4.78, 5) is 1.94. The standard InChI is InChI=1S/C33H36ClN3O8S2/c1-3-24(20-32-36(29-23-27(34)13-15-31(29)44-32)16-8-9-18-47(41,42)45-35-4-2)21-33-37(17-19-46(38,39)40)28-22-26(12-14-30(28)43-33)25-10-6-5-7-11-25/h5-7,10-15,20-23,35H,3-4,8-9,16-19H2,1-2H3/p+1. The summed E-state index contributed by atoms with van der Waals surface area (Å²) >= 11 is 6.32. The zero-order chi connectivity index (χ0) is 33.6. The van der Waals surface area contributed by atoms with E-state index < -0.39 is 26.0 Å². The van der Waals surface area contributed by atoms with Crippen LogP contribution in [0.2, 0.25) is 5.02 Å². The average molecular weight is 703 g/mol. The van der Waals surface area contributed by atoms with Crippen molar-refractivity contribution in [2.45, 2.75) is 39.7 Å². The van der Waals surface area contributed by atoms with Gasteiger partial charge in [-0.25, -0.2) is 0 Å². The Kier molecular flexibility index (Phi) is 11.1. The van der Waals surface area contributed by atoms with Gasteiger partial charge in [-0.05, 0) is 60.2 Å². The summed E-state index contributed by atoms with van der Waals surface area (Å²) in [5.41, 5.74) is 7.11. The van der Waals surface area contributed by atoms with Crippen LogP contribution in [0.3, 0.4) is 0 Å². The molecule has 0 saturated heterocycles. The van der Waals surface area contributed by atoms with E-state index in [1.54, 1.807) is 29.7 Å². The summed E-state index contributed by atoms with van der Waals surface area (Å²) in [5, 5.41) is 0.531. The van der Waals surface area contributed by atoms with E-state index in [2.05, 4.69) is 5.48 Å². The maximum atomic E-state index is 12.1. The van der Waals surface area contributed by atoms with Gasteiger partial charge in [-0.15, -0.1) is 0 Å². The van der Waals surface area contributed by atoms with E-state index in [0.29, 0.717) is 66.0 Å². The summed E-state index contributed by atoms with van der Waals surface area (Å²) < 4.78 is 76.3. The predicted octanol–water partition coefficient (Wildman–Crippen LogP) is 6.11. The van der Waals surface area contributed by atoms with E-state index in [1.165, 1.54) is 0 Å². The van der Waals surface area contributed by atoms with Crippen LogP contribution in [0, 0.1) is 0 Å². The van der Waals surface area contributed by atoms with Gasteiger partial charge in [0.15, 0.2) is 12.3 Å². The molecule has 2 N–H and O–H groups in total. The van der Waals surface area contributed by atoms with E-state index in [1.807, 2.05) is 72.5 Å². The number of aryl methyl sites for hydroxylation is 1. The number of ether oxygens (including phenoxy) is 1. The van der Waals surface area contributed by atoms with Crippen LogP contribution in [-0.2, 0) is 31.1 Å². The monoisotopic (exact) mass is 702 g/mol. The van der Waals surface area contributed by atoms with Crippen molar-refractivity contribution in [1.82, 2.24) is 5.48 Å². The maximum Gasteiger partial charge on any atom is 0.374 e. The minimum atomic E-state index is -4.25. The number of hydrogen-bond donors (Lipinski definition) is 2. The highest BCUT2D eigenvalue weighted by Gasteiger charge is 2.28. The van der Waals surface area contributed by atoms with Gasteiger partial charge in [0.2, 0.25) is 11.5 Å². The van der Waals surface area contributed by atoms with Crippen molar-refractivity contribution in [3.05, 3.63) is 95.2 Å². The second kappa shape index (κ2) is 15.0. The van der Waals surface area contributed by atoms with Crippen LogP contribution in [0.1, 0.15) is 39.0 Å². The molecule has 0 fully saturated rings. The van der Waals surface area contributed by atoms with Crippen molar-refractivity contribution in [2.24, 2.45) is 0 Å². The smallest absolute Gasteiger partial charge is 0.374 e. The van der Waals surface area contributed by atoms with Crippen LogP contribution in [0.25, 0.3) is 28.3 Å². The molecule has 1 aliphatic rings. The lowest BCUT2D eigenvalue weighted by atomic mass is 10.1. The van der Waals surface area contributed by atoms with Crippen LogP contribution in [0.5, 0.6) is 5.75 Å². The Balaban J connectivity index is 1.47. The topological polar surface area (TPSA) is 139 Å². The highest BCUT2D eigenvalue weighted by atomic mass is 35.5. The number of hydroxylamine groups is 1. The molecule has 0 saturated carbocycles. The van der Waals surface area contributed by atoms with Gasteiger partial charge in [0, 0.05) is 30.3 Å². The molecule has 2 heterocycles. The summed E-state index contributed by atoms with van der Waals surface area (Å²) in [6.45, 7) is 4.50. The first-order valence-corrected chi connectivity index (χ1v) is 18.8. The second-order valence-corrected chi connectivity index (χ2v) is 14.6. The zero-order valence-corrected chi connectivity index (χ0v) is 28.4. The molecule has 0 unspecified atom stereocenters. The third kappa shape index (κ3) is 9.01. The molecule has 1 aromatic heterocycles. The van der Waals surface area contributed by atoms with Crippen LogP contribution in [0.15, 0.2) is 88.7 Å². The summed E-state index contributed by atoms with van der Waals surface area (Å²) in [6.07, 6.45) is 5.15. The first-order valence-electron chi connectivity index (χ1n) is 15.2. The second-order valence-electron chi connectivity index (χ2n) is 10.9. The van der Waals surface area contributed by atoms with Crippen molar-refractivity contribution >= 4 is 54.7 Å². The predicted molar refractivity (Wildman–Crippen MR) is 182 cm³/mol. The number of hydrogen-bond acceptors (Lipinski definition) is 9. The Bertz CT molecular complexity index is 2010. The number of nitrogens with zero attached hydrogens (tertiary/aromatic N) is 2. The van der Waals surface area contributed by atoms with Gasteiger partial charge >= 0.3 is 5.89 Å². The molecule has 47 heavy (non-hydrogen) atoms. The first-order chi connectivity index (χ1) is 22.5. The molecule has 0 radical (unpaired) electrons. The molecule has 14 heteroatoms. The molecule has 5 rings (SSSR count). The third-order valence-corrected chi connectivity index (χ3v) is 9.58. The van der Waals surface area contributed by atoms with E-state index in [0.717, 1.165) is 22.4 Å². The largest absolute Gasteiger partial charge is 0.439 e. The molecule has 4 aromatic rings. The highest BCUT2D eigenvalue weighted by molar-refractivity contribution is 7.86. The number of halogens is 1. The van der Waals surface area contributed by atoms with E-state index in [-0.39, 0.29) is 12.3 Å². The third-order valence-electron chi connectivity index (χ3n) is 7.48. The fourth-order valence-electron chi connectivity index (χ4n) is 5.17. The molecule has 0 spiro atoms. The molecule has 0 aliphatic carbocycles. The van der Waals surface area contributed by atoms with E-state index in [4.69, 9.17) is 25.0 Å². The molecule has 11 nitrogen and oxygen atoms in total. The molecule has 0 atom stereocenters. The van der Waals surface area contributed by atoms with E-state index in [9.17, 15) is 21.4 Å². The molecule has 0 amide bonds. The van der Waals surface area contributed by atoms with Gasteiger partial charge in [0.1, 0.15) is 5.75 Å². The van der Waals surface area contributed by atoms with Crippen molar-refractivity contribution in [2.75, 3.05) is 29.5 Å². The molecule has 250 valence electrons. The van der Waals surface area contributed by atoms with Crippen LogP contribution >= 0.6 is 11.6 Å². The number of fused-ring (bicyclic) bond motifs is 2. The van der Waals surface area contributed by atoms with Gasteiger partial charge in [0.05, 0.1) is 17.5 Å². The van der Waals surface area contributed by atoms with Gasteiger partial charge in [0.25, 0.3) is 25.8 Å². The number of allylic oxidation sites excluding steroid dienone is 2. The van der Waals surface area contributed by atoms with Crippen molar-refractivity contribution in [1.29, 1.82) is 0 Å². The Labute approximate surface area is 279 Å². The Morgan fingerprint density at radius 2 is 1.79 bits per heavy atom. The van der Waals surface area contributed by atoms with Gasteiger partial charge in [-0.2, -0.15) is 31.2 Å². The van der Waals surface area contributed by atoms with Gasteiger partial charge < -0.3 is 14.1 Å². The summed E-state index contributed by atoms with van der Waals surface area (Å²) in [7, 11) is -7.95. The van der Waals surface area contributed by atoms with Crippen molar-refractivity contribution in [3.8, 4) is 16.9 Å². The first kappa shape index (κ1) is 34.6. The number of anilines is 1. The van der Waals surface area contributed by atoms with E-state index >= 15 is 0 Å². The number of unbranched alkanes of at least 4 members (excludes halogenated alkanes) is 1. The maximum absolute atomic E-state index is 12.1. The quantitative estimate of drug-likeness (QED) is 0.0645. The van der Waals surface area contributed by atoms with Crippen LogP contribution < -0.4 is 19.7 Å². The summed E-state index contributed by atoms with van der Waals surface area (Å²) in [6, 6.07) is 20.8. The van der Waals surface area contributed by atoms with Gasteiger partial charge in [-0.3, -0.25) is 4.55 Å². The number of benzene rings is 3. The van der Waals surface area contributed by atoms with Crippen molar-refractivity contribution in [3.63, 3.8) is 0 Å². The highest BCUT2D eigenvalue weighted by Crippen LogP contribution is 2.41. The molecular weight excluding hydrogens is 666 g/mol. The minimum Gasteiger partial charge on any atom is -0.439 e. The van der Waals surface area contributed by atoms with Crippen LogP contribution in [0.4, 0.5) is 5.69 Å². The SMILES string of the molecule is CCNOS(=O)(=O)CCCCN1C(=CC(=Cc2oc3ccc(-c4ccccc4)cc3[n+]2CCS(=O)(=O)O)CC)Oc2ccc(Cl)cc21. The Morgan fingerprint density at radius 1 is 1.00 bits per heavy atom. The molecule has 3 aromatic carbocycles. The lowest BCUT2D eigenvalue weighted by molar-refractivity contribution is -0.673. The van der Waals surface area contributed by atoms with Crippen molar-refractivity contribution < 1.29 is 39.4 Å². The fraction of sp³-hybridized carbons (Fsp3) is 0.303. The Morgan fingerprint density at radius 3 is 2.51 bits per heavy atom. The number of oxazole rings is 1. The summed E-state index contributed by atoms with van der Waals surface area (Å²) in [5.74, 6) is 0.901. The van der Waals surface area contributed by atoms with Gasteiger partial charge in [-0.1, -0.05) is 61.8 Å². The number of rotatable bonds is 15. The lowest BCUT2D eigenvalue weighted by Crippen LogP contribution is -2.38. The van der Waals surface area contributed by atoms with Crippen LogP contribution in [-0.4, -0.2) is 46.0 Å². The molecular formula is C33H37ClN3O8S2+. The lowest BCUT2D eigenvalue weighted by Gasteiger charge is -2.19. The number of aromatic nitrogens is 1. The molecule has 0 bridgehead atoms. The molecule has 1 aliphatic heterocycles. The normalized spacial score (nSPS) is 14.6. The average Bonchev–Trinajstić information content (AvgIpc) is 3.56. The Hall–Kier alpha value is -3.72. The fourth-order valence-corrected chi connectivity index (χ4v) is 6.69. The minimum absolute atomic E-state index is 0.0313. The zero-order valence-electron chi connectivity index (χ0n) is 26.1. The number of nitrogens with one attached hydrogen (secondary N) is 1.